The summed E-state index contributed by atoms with van der Waals surface area (Å²) in [5.41, 5.74) is 8.89. The van der Waals surface area contributed by atoms with Gasteiger partial charge in [-0.2, -0.15) is 0 Å². The number of hydrogen-bond donors (Lipinski definition) is 0. The molecule has 8 unspecified atom stereocenters. The zero-order valence-corrected chi connectivity index (χ0v) is 42.8. The third kappa shape index (κ3) is 8.62. The number of rotatable bonds is 5. The molecule has 372 valence electrons. The summed E-state index contributed by atoms with van der Waals surface area (Å²) in [5, 5.41) is 0. The van der Waals surface area contributed by atoms with Crippen molar-refractivity contribution >= 4 is 11.8 Å². The molecule has 4 heterocycles. The Morgan fingerprint density at radius 3 is 2.06 bits per heavy atom. The Morgan fingerprint density at radius 1 is 0.671 bits per heavy atom. The number of nitrogens with zero attached hydrogens (tertiary/aromatic N) is 2. The first kappa shape index (κ1) is 48.1. The van der Waals surface area contributed by atoms with Crippen molar-refractivity contribution in [3.05, 3.63) is 106 Å². The van der Waals surface area contributed by atoms with Crippen molar-refractivity contribution in [1.82, 2.24) is 9.80 Å². The third-order valence-electron chi connectivity index (χ3n) is 17.9. The molecule has 4 aromatic rings. The van der Waals surface area contributed by atoms with Crippen LogP contribution in [0.5, 0.6) is 46.0 Å². The zero-order valence-electron chi connectivity index (χ0n) is 42.8. The Kier molecular flexibility index (Phi) is 13.2. The fourth-order valence-electron chi connectivity index (χ4n) is 14.0. The summed E-state index contributed by atoms with van der Waals surface area (Å²) in [6, 6.07) is 21.2. The molecule has 0 saturated heterocycles. The first-order valence-corrected chi connectivity index (χ1v) is 25.7. The van der Waals surface area contributed by atoms with Gasteiger partial charge >= 0.3 is 5.97 Å². The van der Waals surface area contributed by atoms with Crippen molar-refractivity contribution in [1.29, 1.82) is 0 Å². The number of methoxy groups -OCH3 is 4. The van der Waals surface area contributed by atoms with Gasteiger partial charge in [0.25, 0.3) is 0 Å². The van der Waals surface area contributed by atoms with Crippen LogP contribution in [0.1, 0.15) is 118 Å². The van der Waals surface area contributed by atoms with Crippen molar-refractivity contribution in [2.75, 3.05) is 55.6 Å². The van der Waals surface area contributed by atoms with Crippen LogP contribution < -0.4 is 28.4 Å². The maximum Gasteiger partial charge on any atom is 0.302 e. The van der Waals surface area contributed by atoms with E-state index in [0.717, 1.165) is 101 Å². The van der Waals surface area contributed by atoms with Gasteiger partial charge in [0.15, 0.2) is 34.5 Å². The van der Waals surface area contributed by atoms with E-state index in [9.17, 15) is 9.59 Å². The molecule has 12 rings (SSSR count). The van der Waals surface area contributed by atoms with Crippen LogP contribution in [0.25, 0.3) is 0 Å². The minimum atomic E-state index is -0.157. The van der Waals surface area contributed by atoms with Gasteiger partial charge in [-0.3, -0.25) is 19.4 Å². The molecule has 8 aliphatic rings. The fourth-order valence-corrected chi connectivity index (χ4v) is 14.0. The molecule has 11 nitrogen and oxygen atoms in total. The average molecular weight is 953 g/mol. The van der Waals surface area contributed by atoms with Crippen LogP contribution in [-0.4, -0.2) is 83.3 Å². The molecule has 3 saturated carbocycles. The Hall–Kier alpha value is -5.52. The second kappa shape index (κ2) is 19.2. The van der Waals surface area contributed by atoms with Crippen LogP contribution in [0, 0.1) is 28.6 Å². The van der Waals surface area contributed by atoms with Crippen molar-refractivity contribution in [3.63, 3.8) is 0 Å². The van der Waals surface area contributed by atoms with E-state index in [0.29, 0.717) is 63.8 Å². The van der Waals surface area contributed by atoms with Gasteiger partial charge in [0, 0.05) is 55.9 Å². The summed E-state index contributed by atoms with van der Waals surface area (Å²) in [4.78, 5) is 28.6. The number of carbonyl (C=O) groups excluding carboxylic acids is 2. The van der Waals surface area contributed by atoms with E-state index < -0.39 is 0 Å². The number of hydrogen-bond acceptors (Lipinski definition) is 11. The summed E-state index contributed by atoms with van der Waals surface area (Å²) in [6.07, 6.45) is 14.2. The summed E-state index contributed by atoms with van der Waals surface area (Å²) < 4.78 is 42.6. The first-order valence-electron chi connectivity index (χ1n) is 25.7. The molecule has 4 aliphatic carbocycles. The van der Waals surface area contributed by atoms with E-state index in [-0.39, 0.29) is 35.0 Å². The van der Waals surface area contributed by atoms with Crippen molar-refractivity contribution in [2.45, 2.75) is 116 Å². The van der Waals surface area contributed by atoms with Crippen molar-refractivity contribution < 1.29 is 42.7 Å². The SMILES string of the molecule is CC(=O)OC1CCC2(C)C(=CCC3C4CCC(=O)C4(C)CCC32)C1.COc1ccc2cc1Oc1ccc(cc1)CC1c3cc(c(OC)cc3CCN1C)Oc1c(OC)c(OC)cc3c1C(C2)N(C)CC3. The highest BCUT2D eigenvalue weighted by Gasteiger charge is 2.58. The topological polar surface area (TPSA) is 105 Å². The Morgan fingerprint density at radius 2 is 1.33 bits per heavy atom. The van der Waals surface area contributed by atoms with E-state index in [1.54, 1.807) is 28.4 Å². The number of ether oxygens (including phenoxy) is 7. The standard InChI is InChI=1S/C38H42N2O6.C21H30O3/c1-39-15-13-25-20-32(42-4)34-22-28(25)29(39)17-23-7-10-27(11-8-23)45-33-19-24(9-12-31(33)41-3)18-30-36-26(14-16-40(30)2)21-35(43-5)37(44-6)38(36)46-34;1-13(22)24-15-8-10-20(2)14(12-15)4-5-16-17-6-7-19(23)21(17,3)11-9-18(16)20/h7-12,19-22,29-30H,13-18H2,1-6H3;4,15-18H,5-12H2,1-3H3. The van der Waals surface area contributed by atoms with Crippen LogP contribution in [0.4, 0.5) is 0 Å². The highest BCUT2D eigenvalue weighted by atomic mass is 16.6. The molecule has 11 heteroatoms. The predicted molar refractivity (Wildman–Crippen MR) is 270 cm³/mol. The second-order valence-electron chi connectivity index (χ2n) is 21.6. The highest BCUT2D eigenvalue weighted by Crippen LogP contribution is 2.64. The van der Waals surface area contributed by atoms with Gasteiger partial charge in [-0.15, -0.1) is 0 Å². The summed E-state index contributed by atoms with van der Waals surface area (Å²) >= 11 is 0. The fraction of sp³-hybridized carbons (Fsp3) is 0.525. The summed E-state index contributed by atoms with van der Waals surface area (Å²) in [5.74, 6) is 7.74. The molecule has 0 amide bonds. The molecular formula is C59H72N2O9. The minimum absolute atomic E-state index is 0.000437. The normalized spacial score (nSPS) is 28.8. The molecule has 0 aromatic heterocycles. The maximum absolute atomic E-state index is 12.4. The molecule has 3 fully saturated rings. The lowest BCUT2D eigenvalue weighted by atomic mass is 9.48. The van der Waals surface area contributed by atoms with Gasteiger partial charge in [-0.25, -0.2) is 0 Å². The number of esters is 1. The van der Waals surface area contributed by atoms with Gasteiger partial charge in [-0.05, 0) is 172 Å². The van der Waals surface area contributed by atoms with Gasteiger partial charge in [0.2, 0.25) is 5.75 Å². The first-order chi connectivity index (χ1) is 33.7. The smallest absolute Gasteiger partial charge is 0.302 e. The van der Waals surface area contributed by atoms with E-state index in [2.05, 4.69) is 86.3 Å². The number of ketones is 1. The molecule has 6 bridgehead atoms. The van der Waals surface area contributed by atoms with Crippen LogP contribution in [0.3, 0.4) is 0 Å². The molecule has 4 aromatic carbocycles. The average Bonchev–Trinajstić information content (AvgIpc) is 3.66. The number of allylic oxidation sites excluding steroid dienone is 1. The second-order valence-corrected chi connectivity index (χ2v) is 21.6. The summed E-state index contributed by atoms with van der Waals surface area (Å²) in [6.45, 7) is 8.05. The zero-order chi connectivity index (χ0) is 49.1. The van der Waals surface area contributed by atoms with E-state index in [1.165, 1.54) is 41.2 Å². The van der Waals surface area contributed by atoms with Gasteiger partial charge in [-0.1, -0.05) is 43.7 Å². The monoisotopic (exact) mass is 953 g/mol. The van der Waals surface area contributed by atoms with Gasteiger partial charge in [0.05, 0.1) is 28.4 Å². The number of likely N-dealkylation sites (N-methyl/N-ethyl adjacent to an activating group) is 2. The maximum atomic E-state index is 12.4. The molecule has 4 aliphatic heterocycles. The van der Waals surface area contributed by atoms with Crippen LogP contribution in [0.2, 0.25) is 0 Å². The Bertz CT molecular complexity index is 2680. The predicted octanol–water partition coefficient (Wildman–Crippen LogP) is 11.6. The third-order valence-corrected chi connectivity index (χ3v) is 17.9. The van der Waals surface area contributed by atoms with Crippen LogP contribution in [-0.2, 0) is 40.0 Å². The number of fused-ring (bicyclic) bond motifs is 7. The Balaban J connectivity index is 0.000000198. The Labute approximate surface area is 414 Å². The van der Waals surface area contributed by atoms with Crippen molar-refractivity contribution in [2.24, 2.45) is 28.6 Å². The van der Waals surface area contributed by atoms with E-state index in [4.69, 9.17) is 33.2 Å². The molecule has 0 spiro atoms. The molecule has 0 N–H and O–H groups in total. The number of Topliss-reactive ketones (excluding diaryl/α,β-unsaturated/α-hetero) is 1. The lowest BCUT2D eigenvalue weighted by molar-refractivity contribution is -0.148. The number of benzene rings is 4. The highest BCUT2D eigenvalue weighted by molar-refractivity contribution is 5.87. The molecule has 0 radical (unpaired) electrons. The van der Waals surface area contributed by atoms with Crippen LogP contribution >= 0.6 is 0 Å². The largest absolute Gasteiger partial charge is 0.493 e. The lowest BCUT2D eigenvalue weighted by Gasteiger charge is -2.56. The van der Waals surface area contributed by atoms with Gasteiger partial charge in [0.1, 0.15) is 17.6 Å². The van der Waals surface area contributed by atoms with E-state index >= 15 is 0 Å². The van der Waals surface area contributed by atoms with E-state index in [1.807, 2.05) is 18.2 Å². The van der Waals surface area contributed by atoms with Gasteiger partial charge < -0.3 is 33.2 Å². The molecule has 8 atom stereocenters. The van der Waals surface area contributed by atoms with Crippen molar-refractivity contribution in [3.8, 4) is 46.0 Å². The lowest BCUT2D eigenvalue weighted by Crippen LogP contribution is -2.50. The minimum Gasteiger partial charge on any atom is -0.493 e. The molecule has 70 heavy (non-hydrogen) atoms. The summed E-state index contributed by atoms with van der Waals surface area (Å²) in [7, 11) is 11.1. The van der Waals surface area contributed by atoms with Crippen LogP contribution in [0.15, 0.2) is 72.3 Å². The number of carbonyl (C=O) groups is 2. The quantitative estimate of drug-likeness (QED) is 0.141. The molecular weight excluding hydrogens is 881 g/mol.